The molecule has 1 fully saturated rings. The van der Waals surface area contributed by atoms with Crippen LogP contribution in [0.25, 0.3) is 0 Å². The Bertz CT molecular complexity index is 840. The molecule has 1 aromatic carbocycles. The highest BCUT2D eigenvalue weighted by Crippen LogP contribution is 2.23. The number of aromatic amines is 1. The number of hydrogen-bond donors (Lipinski definition) is 3. The van der Waals surface area contributed by atoms with E-state index in [1.165, 1.54) is 12.3 Å². The van der Waals surface area contributed by atoms with Crippen LogP contribution in [0.5, 0.6) is 0 Å². The summed E-state index contributed by atoms with van der Waals surface area (Å²) >= 11 is 0. The summed E-state index contributed by atoms with van der Waals surface area (Å²) in [5.74, 6) is -3.40. The van der Waals surface area contributed by atoms with Crippen molar-refractivity contribution in [3.63, 3.8) is 0 Å². The van der Waals surface area contributed by atoms with Crippen LogP contribution < -0.4 is 10.6 Å². The smallest absolute Gasteiger partial charge is 0.274 e. The Labute approximate surface area is 161 Å². The van der Waals surface area contributed by atoms with E-state index in [-0.39, 0.29) is 17.4 Å². The fraction of sp³-hybridized carbons (Fsp3) is 0.421. The molecule has 7 nitrogen and oxygen atoms in total. The normalized spacial score (nSPS) is 19.5. The number of benzene rings is 1. The molecule has 1 aromatic heterocycles. The summed E-state index contributed by atoms with van der Waals surface area (Å²) in [5.41, 5.74) is -0.677. The van der Waals surface area contributed by atoms with Crippen molar-refractivity contribution in [1.29, 1.82) is 0 Å². The zero-order valence-corrected chi connectivity index (χ0v) is 15.8. The van der Waals surface area contributed by atoms with Crippen molar-refractivity contribution < 1.29 is 18.4 Å². The molecule has 1 aliphatic carbocycles. The lowest BCUT2D eigenvalue weighted by Crippen LogP contribution is -2.42. The third-order valence-electron chi connectivity index (χ3n) is 5.06. The molecule has 150 valence electrons. The first-order valence-corrected chi connectivity index (χ1v) is 9.13. The van der Waals surface area contributed by atoms with Crippen molar-refractivity contribution >= 4 is 17.5 Å². The topological polar surface area (TPSA) is 90.1 Å². The summed E-state index contributed by atoms with van der Waals surface area (Å²) in [7, 11) is 4.08. The quantitative estimate of drug-likeness (QED) is 0.731. The highest BCUT2D eigenvalue weighted by Gasteiger charge is 2.26. The molecule has 0 aliphatic heterocycles. The molecule has 1 aliphatic rings. The van der Waals surface area contributed by atoms with Crippen LogP contribution in [-0.4, -0.2) is 53.1 Å². The van der Waals surface area contributed by atoms with Crippen molar-refractivity contribution in [2.75, 3.05) is 19.4 Å². The second-order valence-electron chi connectivity index (χ2n) is 7.14. The third kappa shape index (κ3) is 4.36. The highest BCUT2D eigenvalue weighted by molar-refractivity contribution is 6.08. The predicted octanol–water partition coefficient (Wildman–Crippen LogP) is 2.54. The van der Waals surface area contributed by atoms with E-state index in [0.29, 0.717) is 6.04 Å². The lowest BCUT2D eigenvalue weighted by atomic mass is 9.90. The summed E-state index contributed by atoms with van der Waals surface area (Å²) in [4.78, 5) is 27.0. The molecule has 3 N–H and O–H groups in total. The first-order chi connectivity index (χ1) is 13.4. The summed E-state index contributed by atoms with van der Waals surface area (Å²) in [6.45, 7) is 0. The van der Waals surface area contributed by atoms with Crippen LogP contribution in [0, 0.1) is 11.6 Å². The Morgan fingerprint density at radius 1 is 1.11 bits per heavy atom. The predicted molar refractivity (Wildman–Crippen MR) is 100 cm³/mol. The fourth-order valence-electron chi connectivity index (χ4n) is 3.45. The second kappa shape index (κ2) is 8.47. The number of amides is 2. The minimum absolute atomic E-state index is 0.0213. The zero-order valence-electron chi connectivity index (χ0n) is 15.8. The van der Waals surface area contributed by atoms with Crippen molar-refractivity contribution in [3.05, 3.63) is 47.3 Å². The number of halogens is 2. The number of H-pyrrole nitrogens is 1. The molecule has 1 heterocycles. The van der Waals surface area contributed by atoms with Crippen LogP contribution in [0.2, 0.25) is 0 Å². The van der Waals surface area contributed by atoms with Gasteiger partial charge in [0.1, 0.15) is 17.2 Å². The Hall–Kier alpha value is -2.81. The van der Waals surface area contributed by atoms with Crippen molar-refractivity contribution in [2.24, 2.45) is 0 Å². The van der Waals surface area contributed by atoms with E-state index in [1.54, 1.807) is 0 Å². The minimum Gasteiger partial charge on any atom is -0.348 e. The molecule has 28 heavy (non-hydrogen) atoms. The van der Waals surface area contributed by atoms with Gasteiger partial charge in [0.05, 0.1) is 5.69 Å². The third-order valence-corrected chi connectivity index (χ3v) is 5.06. The fourth-order valence-corrected chi connectivity index (χ4v) is 3.45. The summed E-state index contributed by atoms with van der Waals surface area (Å²) < 4.78 is 27.6. The van der Waals surface area contributed by atoms with E-state index in [4.69, 9.17) is 0 Å². The van der Waals surface area contributed by atoms with Gasteiger partial charge in [-0.05, 0) is 51.9 Å². The summed E-state index contributed by atoms with van der Waals surface area (Å²) in [6, 6.07) is 3.68. The molecule has 2 aromatic rings. The van der Waals surface area contributed by atoms with Gasteiger partial charge < -0.3 is 15.5 Å². The molecule has 0 atom stereocenters. The Balaban J connectivity index is 1.65. The van der Waals surface area contributed by atoms with Gasteiger partial charge in [-0.1, -0.05) is 6.07 Å². The van der Waals surface area contributed by atoms with Crippen LogP contribution in [0.15, 0.2) is 24.4 Å². The number of rotatable bonds is 5. The summed E-state index contributed by atoms with van der Waals surface area (Å²) in [5, 5.41) is 11.6. The average Bonchev–Trinajstić information content (AvgIpc) is 3.10. The van der Waals surface area contributed by atoms with E-state index in [0.717, 1.165) is 37.8 Å². The molecule has 0 saturated heterocycles. The van der Waals surface area contributed by atoms with Gasteiger partial charge in [0.2, 0.25) is 0 Å². The SMILES string of the molecule is CN(C)[C@H]1CC[C@H](NC(=O)c2n[nH]cc2NC(=O)c2c(F)cccc2F)CC1. The maximum atomic E-state index is 13.8. The van der Waals surface area contributed by atoms with E-state index in [2.05, 4.69) is 25.7 Å². The molecule has 1 saturated carbocycles. The average molecular weight is 391 g/mol. The standard InChI is InChI=1S/C19H23F2N5O2/c1-26(2)12-8-6-11(7-9-12)23-19(28)17-15(10-22-25-17)24-18(27)16-13(20)4-3-5-14(16)21/h3-5,10-12H,6-9H2,1-2H3,(H,22,25)(H,23,28)(H,24,27)/t11-,12-. The monoisotopic (exact) mass is 391 g/mol. The molecule has 3 rings (SSSR count). The number of aromatic nitrogens is 2. The first-order valence-electron chi connectivity index (χ1n) is 9.13. The van der Waals surface area contributed by atoms with E-state index in [1.807, 2.05) is 14.1 Å². The van der Waals surface area contributed by atoms with E-state index in [9.17, 15) is 18.4 Å². The molecule has 0 unspecified atom stereocenters. The Kier molecular flexibility index (Phi) is 6.03. The second-order valence-corrected chi connectivity index (χ2v) is 7.14. The van der Waals surface area contributed by atoms with Gasteiger partial charge in [0.25, 0.3) is 11.8 Å². The maximum Gasteiger partial charge on any atom is 0.274 e. The van der Waals surface area contributed by atoms with Crippen LogP contribution in [-0.2, 0) is 0 Å². The number of nitrogens with zero attached hydrogens (tertiary/aromatic N) is 2. The Morgan fingerprint density at radius 2 is 1.75 bits per heavy atom. The largest absolute Gasteiger partial charge is 0.348 e. The molecule has 0 bridgehead atoms. The van der Waals surface area contributed by atoms with Crippen molar-refractivity contribution in [2.45, 2.75) is 37.8 Å². The van der Waals surface area contributed by atoms with Crippen LogP contribution in [0.3, 0.4) is 0 Å². The molecule has 0 radical (unpaired) electrons. The number of hydrogen-bond acceptors (Lipinski definition) is 4. The minimum atomic E-state index is -0.988. The van der Waals surface area contributed by atoms with E-state index < -0.39 is 29.0 Å². The number of nitrogens with one attached hydrogen (secondary N) is 3. The van der Waals surface area contributed by atoms with Crippen molar-refractivity contribution in [3.8, 4) is 0 Å². The van der Waals surface area contributed by atoms with Gasteiger partial charge in [-0.15, -0.1) is 0 Å². The molecular weight excluding hydrogens is 368 g/mol. The van der Waals surface area contributed by atoms with Crippen molar-refractivity contribution in [1.82, 2.24) is 20.4 Å². The van der Waals surface area contributed by atoms with Gasteiger partial charge in [-0.25, -0.2) is 8.78 Å². The lowest BCUT2D eigenvalue weighted by molar-refractivity contribution is 0.0912. The molecule has 2 amide bonds. The van der Waals surface area contributed by atoms with Crippen LogP contribution in [0.4, 0.5) is 14.5 Å². The zero-order chi connectivity index (χ0) is 20.3. The van der Waals surface area contributed by atoms with Gasteiger partial charge in [-0.2, -0.15) is 5.10 Å². The molecular formula is C19H23F2N5O2. The van der Waals surface area contributed by atoms with Gasteiger partial charge in [0, 0.05) is 18.3 Å². The molecule has 0 spiro atoms. The number of anilines is 1. The number of carbonyl (C=O) groups is 2. The van der Waals surface area contributed by atoms with E-state index >= 15 is 0 Å². The maximum absolute atomic E-state index is 13.8. The summed E-state index contributed by atoms with van der Waals surface area (Å²) in [6.07, 6.45) is 4.96. The van der Waals surface area contributed by atoms with Crippen LogP contribution >= 0.6 is 0 Å². The lowest BCUT2D eigenvalue weighted by Gasteiger charge is -2.32. The molecule has 9 heteroatoms. The van der Waals surface area contributed by atoms with Gasteiger partial charge in [0.15, 0.2) is 5.69 Å². The van der Waals surface area contributed by atoms with Gasteiger partial charge >= 0.3 is 0 Å². The number of carbonyl (C=O) groups excluding carboxylic acids is 2. The Morgan fingerprint density at radius 3 is 2.36 bits per heavy atom. The highest BCUT2D eigenvalue weighted by atomic mass is 19.1. The van der Waals surface area contributed by atoms with Crippen LogP contribution in [0.1, 0.15) is 46.5 Å². The van der Waals surface area contributed by atoms with Gasteiger partial charge in [-0.3, -0.25) is 14.7 Å². The first kappa shape index (κ1) is 19.9.